The van der Waals surface area contributed by atoms with E-state index in [0.29, 0.717) is 17.2 Å². The molecule has 0 aliphatic rings. The predicted octanol–water partition coefficient (Wildman–Crippen LogP) is 1.96. The maximum absolute atomic E-state index is 10.6. The molecule has 0 aromatic carbocycles. The van der Waals surface area contributed by atoms with Gasteiger partial charge in [-0.1, -0.05) is 0 Å². The van der Waals surface area contributed by atoms with E-state index in [4.69, 9.17) is 0 Å². The van der Waals surface area contributed by atoms with Gasteiger partial charge in [-0.05, 0) is 17.7 Å². The van der Waals surface area contributed by atoms with Gasteiger partial charge in [-0.25, -0.2) is 4.98 Å². The molecule has 0 amide bonds. The molecule has 0 aliphatic carbocycles. The molecule has 5 heteroatoms. The highest BCUT2D eigenvalue weighted by atomic mass is 32.1. The van der Waals surface area contributed by atoms with Crippen LogP contribution in [0.5, 0.6) is 0 Å². The monoisotopic (exact) mass is 219 g/mol. The van der Waals surface area contributed by atoms with Crippen molar-refractivity contribution in [2.45, 2.75) is 6.54 Å². The van der Waals surface area contributed by atoms with Gasteiger partial charge in [-0.15, -0.1) is 11.3 Å². The van der Waals surface area contributed by atoms with Crippen LogP contribution in [0.2, 0.25) is 0 Å². The third-order valence-electron chi connectivity index (χ3n) is 1.91. The number of thiazole rings is 1. The van der Waals surface area contributed by atoms with Crippen LogP contribution in [0.1, 0.15) is 15.2 Å². The van der Waals surface area contributed by atoms with Gasteiger partial charge in [0.2, 0.25) is 0 Å². The van der Waals surface area contributed by atoms with Crippen LogP contribution in [0.3, 0.4) is 0 Å². The van der Waals surface area contributed by atoms with E-state index < -0.39 is 0 Å². The molecule has 15 heavy (non-hydrogen) atoms. The number of nitrogens with zero attached hydrogens (tertiary/aromatic N) is 2. The molecule has 2 aromatic rings. The smallest absolute Gasteiger partial charge is 0.163 e. The van der Waals surface area contributed by atoms with Gasteiger partial charge < -0.3 is 5.32 Å². The first-order valence-corrected chi connectivity index (χ1v) is 5.29. The second-order valence-electron chi connectivity index (χ2n) is 2.89. The largest absolute Gasteiger partial charge is 0.365 e. The van der Waals surface area contributed by atoms with Gasteiger partial charge in [0.05, 0.1) is 5.51 Å². The van der Waals surface area contributed by atoms with Crippen molar-refractivity contribution in [2.24, 2.45) is 0 Å². The van der Waals surface area contributed by atoms with E-state index in [-0.39, 0.29) is 0 Å². The Bertz CT molecular complexity index is 441. The summed E-state index contributed by atoms with van der Waals surface area (Å²) >= 11 is 1.33. The molecule has 76 valence electrons. The van der Waals surface area contributed by atoms with Crippen LogP contribution in [0.15, 0.2) is 30.0 Å². The molecule has 2 rings (SSSR count). The van der Waals surface area contributed by atoms with E-state index in [1.165, 1.54) is 11.3 Å². The van der Waals surface area contributed by atoms with Gasteiger partial charge in [0.15, 0.2) is 6.29 Å². The van der Waals surface area contributed by atoms with E-state index in [1.807, 2.05) is 12.1 Å². The average Bonchev–Trinajstić information content (AvgIpc) is 2.75. The number of carbonyl (C=O) groups excluding carboxylic acids is 1. The lowest BCUT2D eigenvalue weighted by atomic mass is 10.3. The number of aldehydes is 1. The minimum absolute atomic E-state index is 0.629. The standard InChI is InChI=1S/C10H9N3OS/c14-6-9-10(13-7-15-9)12-5-8-1-3-11-4-2-8/h1-4,6-7,12H,5H2. The Morgan fingerprint density at radius 2 is 2.20 bits per heavy atom. The zero-order valence-electron chi connectivity index (χ0n) is 7.88. The van der Waals surface area contributed by atoms with Crippen LogP contribution in [0.4, 0.5) is 5.82 Å². The summed E-state index contributed by atoms with van der Waals surface area (Å²) < 4.78 is 0. The van der Waals surface area contributed by atoms with Crippen LogP contribution in [0.25, 0.3) is 0 Å². The summed E-state index contributed by atoms with van der Waals surface area (Å²) in [4.78, 5) is 19.2. The molecule has 0 bridgehead atoms. The fourth-order valence-electron chi connectivity index (χ4n) is 1.16. The van der Waals surface area contributed by atoms with Crippen LogP contribution in [-0.2, 0) is 6.54 Å². The summed E-state index contributed by atoms with van der Waals surface area (Å²) in [6, 6.07) is 3.83. The lowest BCUT2D eigenvalue weighted by molar-refractivity contribution is 0.112. The van der Waals surface area contributed by atoms with E-state index in [2.05, 4.69) is 15.3 Å². The van der Waals surface area contributed by atoms with Crippen molar-refractivity contribution in [1.29, 1.82) is 0 Å². The molecule has 2 aromatic heterocycles. The second kappa shape index (κ2) is 4.65. The van der Waals surface area contributed by atoms with Crippen molar-refractivity contribution in [1.82, 2.24) is 9.97 Å². The Balaban J connectivity index is 2.02. The third-order valence-corrected chi connectivity index (χ3v) is 2.67. The summed E-state index contributed by atoms with van der Waals surface area (Å²) in [6.07, 6.45) is 4.28. The highest BCUT2D eigenvalue weighted by molar-refractivity contribution is 7.11. The number of hydrogen-bond acceptors (Lipinski definition) is 5. The maximum Gasteiger partial charge on any atom is 0.163 e. The summed E-state index contributed by atoms with van der Waals surface area (Å²) in [6.45, 7) is 0.646. The number of pyridine rings is 1. The molecule has 0 saturated carbocycles. The Kier molecular flexibility index (Phi) is 3.04. The molecule has 0 aliphatic heterocycles. The minimum atomic E-state index is 0.629. The maximum atomic E-state index is 10.6. The van der Waals surface area contributed by atoms with Gasteiger partial charge in [-0.2, -0.15) is 0 Å². The predicted molar refractivity (Wildman–Crippen MR) is 59.1 cm³/mol. The average molecular weight is 219 g/mol. The van der Waals surface area contributed by atoms with Crippen molar-refractivity contribution >= 4 is 23.4 Å². The summed E-state index contributed by atoms with van der Waals surface area (Å²) in [7, 11) is 0. The Morgan fingerprint density at radius 3 is 2.93 bits per heavy atom. The Hall–Kier alpha value is -1.75. The first-order valence-electron chi connectivity index (χ1n) is 4.41. The van der Waals surface area contributed by atoms with E-state index >= 15 is 0 Å². The summed E-state index contributed by atoms with van der Waals surface area (Å²) in [5.41, 5.74) is 2.76. The fourth-order valence-corrected chi connectivity index (χ4v) is 1.72. The number of hydrogen-bond donors (Lipinski definition) is 1. The first kappa shape index (κ1) is 9.79. The van der Waals surface area contributed by atoms with Crippen molar-refractivity contribution in [3.8, 4) is 0 Å². The fraction of sp³-hybridized carbons (Fsp3) is 0.100. The molecule has 0 saturated heterocycles. The van der Waals surface area contributed by atoms with Crippen LogP contribution in [-0.4, -0.2) is 16.3 Å². The first-order chi connectivity index (χ1) is 7.40. The van der Waals surface area contributed by atoms with Crippen molar-refractivity contribution in [3.05, 3.63) is 40.5 Å². The number of aromatic nitrogens is 2. The van der Waals surface area contributed by atoms with E-state index in [1.54, 1.807) is 17.9 Å². The van der Waals surface area contributed by atoms with Gasteiger partial charge in [0, 0.05) is 18.9 Å². The Morgan fingerprint density at radius 1 is 1.40 bits per heavy atom. The molecular formula is C10H9N3OS. The molecular weight excluding hydrogens is 210 g/mol. The van der Waals surface area contributed by atoms with Crippen molar-refractivity contribution in [2.75, 3.05) is 5.32 Å². The number of rotatable bonds is 4. The lowest BCUT2D eigenvalue weighted by Crippen LogP contribution is -2.01. The van der Waals surface area contributed by atoms with E-state index in [9.17, 15) is 4.79 Å². The summed E-state index contributed by atoms with van der Waals surface area (Å²) in [5, 5.41) is 3.10. The van der Waals surface area contributed by atoms with Gasteiger partial charge in [0.25, 0.3) is 0 Å². The SMILES string of the molecule is O=Cc1scnc1NCc1ccncc1. The molecule has 1 N–H and O–H groups in total. The number of anilines is 1. The Labute approximate surface area is 91.0 Å². The van der Waals surface area contributed by atoms with Crippen molar-refractivity contribution in [3.63, 3.8) is 0 Å². The molecule has 0 spiro atoms. The van der Waals surface area contributed by atoms with E-state index in [0.717, 1.165) is 11.8 Å². The van der Waals surface area contributed by atoms with Crippen LogP contribution >= 0.6 is 11.3 Å². The highest BCUT2D eigenvalue weighted by Gasteiger charge is 2.03. The van der Waals surface area contributed by atoms with Crippen LogP contribution < -0.4 is 5.32 Å². The molecule has 2 heterocycles. The normalized spacial score (nSPS) is 9.87. The highest BCUT2D eigenvalue weighted by Crippen LogP contribution is 2.16. The third kappa shape index (κ3) is 2.38. The van der Waals surface area contributed by atoms with Crippen LogP contribution in [0, 0.1) is 0 Å². The lowest BCUT2D eigenvalue weighted by Gasteiger charge is -2.02. The molecule has 0 fully saturated rings. The zero-order chi connectivity index (χ0) is 10.5. The number of nitrogens with one attached hydrogen (secondary N) is 1. The molecule has 0 unspecified atom stereocenters. The topological polar surface area (TPSA) is 54.9 Å². The quantitative estimate of drug-likeness (QED) is 0.799. The summed E-state index contributed by atoms with van der Waals surface area (Å²) in [5.74, 6) is 0.645. The minimum Gasteiger partial charge on any atom is -0.365 e. The molecule has 0 atom stereocenters. The van der Waals surface area contributed by atoms with Crippen molar-refractivity contribution < 1.29 is 4.79 Å². The van der Waals surface area contributed by atoms with Gasteiger partial charge in [-0.3, -0.25) is 9.78 Å². The van der Waals surface area contributed by atoms with Gasteiger partial charge in [0.1, 0.15) is 10.7 Å². The second-order valence-corrected chi connectivity index (χ2v) is 3.78. The molecule has 0 radical (unpaired) electrons. The number of carbonyl (C=O) groups is 1. The molecule has 4 nitrogen and oxygen atoms in total. The van der Waals surface area contributed by atoms with Gasteiger partial charge >= 0.3 is 0 Å². The zero-order valence-corrected chi connectivity index (χ0v) is 8.70.